The Morgan fingerprint density at radius 1 is 1.36 bits per heavy atom. The molecule has 2 aromatic heterocycles. The first-order valence-corrected chi connectivity index (χ1v) is 8.25. The summed E-state index contributed by atoms with van der Waals surface area (Å²) < 4.78 is 20.0. The van der Waals surface area contributed by atoms with Crippen molar-refractivity contribution in [1.82, 2.24) is 14.9 Å². The monoisotopic (exact) mass is 336 g/mol. The SMILES string of the molecule is COc1ccc(CSc2nnc(-c3cccs3)n2N)cc1F. The van der Waals surface area contributed by atoms with Gasteiger partial charge in [-0.15, -0.1) is 21.5 Å². The summed E-state index contributed by atoms with van der Waals surface area (Å²) in [5.74, 6) is 7.04. The number of nitrogen functional groups attached to an aromatic ring is 1. The average Bonchev–Trinajstić information content (AvgIpc) is 3.15. The van der Waals surface area contributed by atoms with Gasteiger partial charge in [-0.1, -0.05) is 23.9 Å². The van der Waals surface area contributed by atoms with Crippen molar-refractivity contribution in [2.75, 3.05) is 13.0 Å². The molecule has 0 fully saturated rings. The first-order chi connectivity index (χ1) is 10.7. The highest BCUT2D eigenvalue weighted by Crippen LogP contribution is 2.27. The minimum absolute atomic E-state index is 0.232. The molecule has 0 radical (unpaired) electrons. The van der Waals surface area contributed by atoms with Gasteiger partial charge in [0.25, 0.3) is 0 Å². The van der Waals surface area contributed by atoms with Gasteiger partial charge in [0.1, 0.15) is 0 Å². The Balaban J connectivity index is 1.73. The summed E-state index contributed by atoms with van der Waals surface area (Å²) >= 11 is 2.95. The summed E-state index contributed by atoms with van der Waals surface area (Å²) in [6.07, 6.45) is 0. The van der Waals surface area contributed by atoms with Crippen LogP contribution in [0.3, 0.4) is 0 Å². The lowest BCUT2D eigenvalue weighted by Crippen LogP contribution is -2.11. The van der Waals surface area contributed by atoms with Crippen LogP contribution in [0.2, 0.25) is 0 Å². The molecular weight excluding hydrogens is 323 g/mol. The van der Waals surface area contributed by atoms with Gasteiger partial charge in [0.15, 0.2) is 17.4 Å². The number of nitrogens with zero attached hydrogens (tertiary/aromatic N) is 3. The van der Waals surface area contributed by atoms with E-state index in [-0.39, 0.29) is 11.6 Å². The molecule has 114 valence electrons. The molecule has 2 heterocycles. The van der Waals surface area contributed by atoms with E-state index in [2.05, 4.69) is 10.2 Å². The molecule has 0 atom stereocenters. The predicted octanol–water partition coefficient (Wildman–Crippen LogP) is 3.16. The highest BCUT2D eigenvalue weighted by atomic mass is 32.2. The molecule has 1 aromatic carbocycles. The third-order valence-electron chi connectivity index (χ3n) is 2.99. The molecule has 3 rings (SSSR count). The van der Waals surface area contributed by atoms with Crippen molar-refractivity contribution in [2.24, 2.45) is 0 Å². The van der Waals surface area contributed by atoms with E-state index in [0.29, 0.717) is 16.7 Å². The first kappa shape index (κ1) is 14.9. The van der Waals surface area contributed by atoms with Crippen molar-refractivity contribution < 1.29 is 9.13 Å². The number of halogens is 1. The summed E-state index contributed by atoms with van der Waals surface area (Å²) in [5.41, 5.74) is 0.823. The van der Waals surface area contributed by atoms with Crippen LogP contribution in [0, 0.1) is 5.82 Å². The third-order valence-corrected chi connectivity index (χ3v) is 4.87. The Hall–Kier alpha value is -2.06. The van der Waals surface area contributed by atoms with E-state index < -0.39 is 0 Å². The number of benzene rings is 1. The summed E-state index contributed by atoms with van der Waals surface area (Å²) in [6, 6.07) is 8.73. The van der Waals surface area contributed by atoms with Gasteiger partial charge in [0.05, 0.1) is 12.0 Å². The van der Waals surface area contributed by atoms with Crippen molar-refractivity contribution >= 4 is 23.1 Å². The quantitative estimate of drug-likeness (QED) is 0.573. The van der Waals surface area contributed by atoms with E-state index >= 15 is 0 Å². The molecule has 0 aliphatic heterocycles. The van der Waals surface area contributed by atoms with Crippen molar-refractivity contribution in [1.29, 1.82) is 0 Å². The van der Waals surface area contributed by atoms with Crippen LogP contribution in [-0.2, 0) is 5.75 Å². The number of thiophene rings is 1. The van der Waals surface area contributed by atoms with Gasteiger partial charge in [-0.05, 0) is 29.1 Å². The Morgan fingerprint density at radius 2 is 2.23 bits per heavy atom. The van der Waals surface area contributed by atoms with Gasteiger partial charge in [-0.3, -0.25) is 0 Å². The van der Waals surface area contributed by atoms with Crippen LogP contribution in [0.5, 0.6) is 5.75 Å². The standard InChI is InChI=1S/C14H13FN4OS2/c1-20-11-5-4-9(7-10(11)15)8-22-14-18-17-13(19(14)16)12-3-2-6-21-12/h2-7H,8,16H2,1H3. The maximum absolute atomic E-state index is 13.7. The molecule has 3 aromatic rings. The fourth-order valence-corrected chi connectivity index (χ4v) is 3.40. The van der Waals surface area contributed by atoms with Crippen LogP contribution in [0.15, 0.2) is 40.9 Å². The molecule has 0 aliphatic rings. The van der Waals surface area contributed by atoms with Crippen LogP contribution in [-0.4, -0.2) is 22.0 Å². The molecule has 2 N–H and O–H groups in total. The molecule has 0 amide bonds. The highest BCUT2D eigenvalue weighted by molar-refractivity contribution is 7.98. The molecule has 0 bridgehead atoms. The third kappa shape index (κ3) is 2.93. The molecule has 0 spiro atoms. The Bertz CT molecular complexity index is 773. The maximum Gasteiger partial charge on any atom is 0.210 e. The number of hydrogen-bond acceptors (Lipinski definition) is 6. The molecular formula is C14H13FN4OS2. The van der Waals surface area contributed by atoms with E-state index in [1.165, 1.54) is 29.6 Å². The van der Waals surface area contributed by atoms with E-state index in [1.807, 2.05) is 23.6 Å². The zero-order valence-corrected chi connectivity index (χ0v) is 13.3. The number of nitrogens with two attached hydrogens (primary N) is 1. The molecule has 22 heavy (non-hydrogen) atoms. The number of ether oxygens (including phenoxy) is 1. The van der Waals surface area contributed by atoms with Gasteiger partial charge < -0.3 is 10.6 Å². The zero-order valence-electron chi connectivity index (χ0n) is 11.7. The summed E-state index contributed by atoms with van der Waals surface area (Å²) in [6.45, 7) is 0. The van der Waals surface area contributed by atoms with E-state index in [9.17, 15) is 4.39 Å². The average molecular weight is 336 g/mol. The van der Waals surface area contributed by atoms with Crippen LogP contribution in [0.25, 0.3) is 10.7 Å². The molecule has 0 saturated heterocycles. The van der Waals surface area contributed by atoms with E-state index in [1.54, 1.807) is 17.4 Å². The van der Waals surface area contributed by atoms with Crippen molar-refractivity contribution in [3.63, 3.8) is 0 Å². The van der Waals surface area contributed by atoms with Gasteiger partial charge in [0, 0.05) is 5.75 Å². The smallest absolute Gasteiger partial charge is 0.210 e. The molecule has 0 unspecified atom stereocenters. The molecule has 8 heteroatoms. The van der Waals surface area contributed by atoms with Crippen LogP contribution in [0.1, 0.15) is 5.56 Å². The lowest BCUT2D eigenvalue weighted by atomic mass is 10.2. The van der Waals surface area contributed by atoms with Crippen LogP contribution in [0.4, 0.5) is 4.39 Å². The minimum Gasteiger partial charge on any atom is -0.494 e. The fraction of sp³-hybridized carbons (Fsp3) is 0.143. The number of thioether (sulfide) groups is 1. The molecule has 5 nitrogen and oxygen atoms in total. The number of aromatic nitrogens is 3. The lowest BCUT2D eigenvalue weighted by Gasteiger charge is -2.05. The van der Waals surface area contributed by atoms with Gasteiger partial charge in [0.2, 0.25) is 5.16 Å². The number of hydrogen-bond donors (Lipinski definition) is 1. The van der Waals surface area contributed by atoms with Gasteiger partial charge >= 0.3 is 0 Å². The first-order valence-electron chi connectivity index (χ1n) is 6.38. The largest absolute Gasteiger partial charge is 0.494 e. The summed E-state index contributed by atoms with van der Waals surface area (Å²) in [4.78, 5) is 0.956. The Kier molecular flexibility index (Phi) is 4.30. The van der Waals surface area contributed by atoms with Crippen molar-refractivity contribution in [3.8, 4) is 16.5 Å². The topological polar surface area (TPSA) is 66.0 Å². The molecule has 0 aliphatic carbocycles. The number of methoxy groups -OCH3 is 1. The normalized spacial score (nSPS) is 10.8. The van der Waals surface area contributed by atoms with Crippen molar-refractivity contribution in [3.05, 3.63) is 47.1 Å². The fourth-order valence-electron chi connectivity index (χ4n) is 1.90. The Labute approximate surface area is 134 Å². The number of rotatable bonds is 5. The van der Waals surface area contributed by atoms with E-state index in [4.69, 9.17) is 10.6 Å². The Morgan fingerprint density at radius 3 is 2.91 bits per heavy atom. The van der Waals surface area contributed by atoms with Gasteiger partial charge in [-0.25, -0.2) is 9.07 Å². The van der Waals surface area contributed by atoms with Crippen LogP contribution < -0.4 is 10.6 Å². The summed E-state index contributed by atoms with van der Waals surface area (Å²) in [5, 5.41) is 10.7. The van der Waals surface area contributed by atoms with E-state index in [0.717, 1.165) is 10.4 Å². The lowest BCUT2D eigenvalue weighted by molar-refractivity contribution is 0.386. The summed E-state index contributed by atoms with van der Waals surface area (Å²) in [7, 11) is 1.44. The maximum atomic E-state index is 13.7. The second-order valence-corrected chi connectivity index (χ2v) is 6.30. The highest BCUT2D eigenvalue weighted by Gasteiger charge is 2.13. The molecule has 0 saturated carbocycles. The second-order valence-electron chi connectivity index (χ2n) is 4.41. The zero-order chi connectivity index (χ0) is 15.5. The van der Waals surface area contributed by atoms with Crippen LogP contribution >= 0.6 is 23.1 Å². The minimum atomic E-state index is -0.380. The van der Waals surface area contributed by atoms with Gasteiger partial charge in [-0.2, -0.15) is 0 Å². The predicted molar refractivity (Wildman–Crippen MR) is 86.0 cm³/mol. The van der Waals surface area contributed by atoms with Crippen molar-refractivity contribution in [2.45, 2.75) is 10.9 Å². The second kappa shape index (κ2) is 6.37.